The number of rotatable bonds is 7. The molecular weight excluding hydrogens is 202 g/mol. The summed E-state index contributed by atoms with van der Waals surface area (Å²) in [6.45, 7) is 5.51. The number of methoxy groups -OCH3 is 1. The second kappa shape index (κ2) is 6.58. The molecule has 0 aromatic carbocycles. The summed E-state index contributed by atoms with van der Waals surface area (Å²) in [5.74, 6) is 0.472. The molecule has 3 nitrogen and oxygen atoms in total. The molecule has 0 aromatic heterocycles. The van der Waals surface area contributed by atoms with E-state index in [2.05, 4.69) is 12.2 Å². The Morgan fingerprint density at radius 2 is 2.06 bits per heavy atom. The number of ether oxygens (including phenoxy) is 1. The molecule has 0 amide bonds. The second-order valence-corrected chi connectivity index (χ2v) is 5.28. The molecule has 1 rings (SSSR count). The molecule has 0 saturated heterocycles. The third-order valence-corrected chi connectivity index (χ3v) is 3.84. The highest BCUT2D eigenvalue weighted by atomic mass is 16.5. The lowest BCUT2D eigenvalue weighted by atomic mass is 9.87. The van der Waals surface area contributed by atoms with Gasteiger partial charge in [-0.05, 0) is 32.1 Å². The molecule has 0 heterocycles. The van der Waals surface area contributed by atoms with Crippen molar-refractivity contribution in [3.05, 3.63) is 0 Å². The third kappa shape index (κ3) is 4.04. The first-order valence-corrected chi connectivity index (χ1v) is 6.55. The van der Waals surface area contributed by atoms with Crippen LogP contribution in [0.5, 0.6) is 0 Å². The zero-order valence-corrected chi connectivity index (χ0v) is 11.0. The lowest BCUT2D eigenvalue weighted by Gasteiger charge is -2.32. The molecule has 1 aliphatic rings. The normalized spacial score (nSPS) is 23.2. The first-order valence-electron chi connectivity index (χ1n) is 6.55. The van der Waals surface area contributed by atoms with E-state index in [1.54, 1.807) is 7.11 Å². The summed E-state index contributed by atoms with van der Waals surface area (Å²) < 4.78 is 5.14. The van der Waals surface area contributed by atoms with Crippen LogP contribution in [-0.2, 0) is 4.74 Å². The summed E-state index contributed by atoms with van der Waals surface area (Å²) in [6, 6.07) is 0.359. The quantitative estimate of drug-likeness (QED) is 0.701. The smallest absolute Gasteiger partial charge is 0.0771 e. The molecule has 16 heavy (non-hydrogen) atoms. The Morgan fingerprint density at radius 3 is 2.56 bits per heavy atom. The maximum atomic E-state index is 10.4. The molecule has 0 aromatic rings. The molecule has 2 atom stereocenters. The van der Waals surface area contributed by atoms with Gasteiger partial charge in [0.05, 0.1) is 12.2 Å². The summed E-state index contributed by atoms with van der Waals surface area (Å²) >= 11 is 0. The van der Waals surface area contributed by atoms with E-state index in [0.717, 1.165) is 13.0 Å². The van der Waals surface area contributed by atoms with Gasteiger partial charge in [0.15, 0.2) is 0 Å². The highest BCUT2D eigenvalue weighted by molar-refractivity contribution is 4.88. The molecule has 0 spiro atoms. The van der Waals surface area contributed by atoms with Gasteiger partial charge < -0.3 is 15.2 Å². The van der Waals surface area contributed by atoms with Gasteiger partial charge in [-0.1, -0.05) is 19.8 Å². The lowest BCUT2D eigenvalue weighted by molar-refractivity contribution is -0.00233. The van der Waals surface area contributed by atoms with Crippen molar-refractivity contribution in [2.75, 3.05) is 20.3 Å². The first-order chi connectivity index (χ1) is 7.60. The minimum Gasteiger partial charge on any atom is -0.389 e. The number of aliphatic hydroxyl groups is 1. The average molecular weight is 229 g/mol. The van der Waals surface area contributed by atoms with Crippen LogP contribution in [0, 0.1) is 5.92 Å². The van der Waals surface area contributed by atoms with Crippen LogP contribution in [0.15, 0.2) is 0 Å². The Morgan fingerprint density at radius 1 is 1.44 bits per heavy atom. The van der Waals surface area contributed by atoms with Crippen molar-refractivity contribution >= 4 is 0 Å². The molecule has 96 valence electrons. The van der Waals surface area contributed by atoms with Crippen molar-refractivity contribution in [1.82, 2.24) is 5.32 Å². The molecule has 2 N–H and O–H groups in total. The maximum Gasteiger partial charge on any atom is 0.0771 e. The highest BCUT2D eigenvalue weighted by Crippen LogP contribution is 2.33. The Bertz CT molecular complexity index is 188. The minimum absolute atomic E-state index is 0.359. The van der Waals surface area contributed by atoms with Crippen molar-refractivity contribution in [2.45, 2.75) is 57.6 Å². The van der Waals surface area contributed by atoms with Gasteiger partial charge in [0.1, 0.15) is 0 Å². The van der Waals surface area contributed by atoms with E-state index >= 15 is 0 Å². The summed E-state index contributed by atoms with van der Waals surface area (Å²) in [5, 5.41) is 13.8. The molecule has 3 heteroatoms. The van der Waals surface area contributed by atoms with Crippen molar-refractivity contribution in [2.24, 2.45) is 5.92 Å². The van der Waals surface area contributed by atoms with E-state index < -0.39 is 5.60 Å². The van der Waals surface area contributed by atoms with Crippen molar-refractivity contribution < 1.29 is 9.84 Å². The zero-order valence-electron chi connectivity index (χ0n) is 11.0. The fraction of sp³-hybridized carbons (Fsp3) is 1.00. The van der Waals surface area contributed by atoms with Crippen LogP contribution in [0.2, 0.25) is 0 Å². The summed E-state index contributed by atoms with van der Waals surface area (Å²) in [7, 11) is 1.72. The maximum absolute atomic E-state index is 10.4. The lowest BCUT2D eigenvalue weighted by Crippen LogP contribution is -2.47. The van der Waals surface area contributed by atoms with E-state index in [9.17, 15) is 5.11 Å². The van der Waals surface area contributed by atoms with Crippen LogP contribution in [0.25, 0.3) is 0 Å². The SMILES string of the molecule is CCC(COC)NCC(C)(O)C1CCCC1. The summed E-state index contributed by atoms with van der Waals surface area (Å²) in [4.78, 5) is 0. The highest BCUT2D eigenvalue weighted by Gasteiger charge is 2.33. The molecule has 1 fully saturated rings. The van der Waals surface area contributed by atoms with E-state index in [4.69, 9.17) is 4.74 Å². The van der Waals surface area contributed by atoms with Gasteiger partial charge in [0.2, 0.25) is 0 Å². The van der Waals surface area contributed by atoms with Gasteiger partial charge in [0.25, 0.3) is 0 Å². The van der Waals surface area contributed by atoms with Gasteiger partial charge in [-0.2, -0.15) is 0 Å². The standard InChI is InChI=1S/C13H27NO2/c1-4-12(9-16-3)14-10-13(2,15)11-7-5-6-8-11/h11-12,14-15H,4-10H2,1-3H3. The molecule has 1 aliphatic carbocycles. The van der Waals surface area contributed by atoms with Crippen molar-refractivity contribution in [1.29, 1.82) is 0 Å². The topological polar surface area (TPSA) is 41.5 Å². The van der Waals surface area contributed by atoms with E-state index in [0.29, 0.717) is 18.5 Å². The van der Waals surface area contributed by atoms with Gasteiger partial charge in [0, 0.05) is 19.7 Å². The van der Waals surface area contributed by atoms with E-state index in [1.807, 2.05) is 6.92 Å². The predicted octanol–water partition coefficient (Wildman–Crippen LogP) is 1.94. The van der Waals surface area contributed by atoms with Gasteiger partial charge in [-0.15, -0.1) is 0 Å². The molecule has 1 saturated carbocycles. The van der Waals surface area contributed by atoms with Crippen LogP contribution in [-0.4, -0.2) is 37.0 Å². The van der Waals surface area contributed by atoms with E-state index in [1.165, 1.54) is 25.7 Å². The van der Waals surface area contributed by atoms with Crippen molar-refractivity contribution in [3.8, 4) is 0 Å². The molecule has 2 unspecified atom stereocenters. The first kappa shape index (κ1) is 13.9. The van der Waals surface area contributed by atoms with Crippen LogP contribution in [0.3, 0.4) is 0 Å². The molecule has 0 bridgehead atoms. The Kier molecular flexibility index (Phi) is 5.73. The number of hydrogen-bond donors (Lipinski definition) is 2. The van der Waals surface area contributed by atoms with Gasteiger partial charge in [-0.3, -0.25) is 0 Å². The zero-order chi connectivity index (χ0) is 12.0. The Balaban J connectivity index is 2.33. The van der Waals surface area contributed by atoms with Crippen LogP contribution in [0.1, 0.15) is 46.0 Å². The fourth-order valence-electron chi connectivity index (χ4n) is 2.57. The predicted molar refractivity (Wildman–Crippen MR) is 66.5 cm³/mol. The molecular formula is C13H27NO2. The van der Waals surface area contributed by atoms with Crippen LogP contribution >= 0.6 is 0 Å². The summed E-state index contributed by atoms with van der Waals surface area (Å²) in [5.41, 5.74) is -0.558. The Hall–Kier alpha value is -0.120. The second-order valence-electron chi connectivity index (χ2n) is 5.28. The fourth-order valence-corrected chi connectivity index (χ4v) is 2.57. The average Bonchev–Trinajstić information content (AvgIpc) is 2.78. The third-order valence-electron chi connectivity index (χ3n) is 3.84. The summed E-state index contributed by atoms with van der Waals surface area (Å²) in [6.07, 6.45) is 5.94. The molecule has 0 aliphatic heterocycles. The van der Waals surface area contributed by atoms with Crippen LogP contribution in [0.4, 0.5) is 0 Å². The minimum atomic E-state index is -0.558. The van der Waals surface area contributed by atoms with Crippen LogP contribution < -0.4 is 5.32 Å². The Labute approximate surface area is 99.6 Å². The number of nitrogens with one attached hydrogen (secondary N) is 1. The van der Waals surface area contributed by atoms with Gasteiger partial charge in [-0.25, -0.2) is 0 Å². The largest absolute Gasteiger partial charge is 0.389 e. The van der Waals surface area contributed by atoms with E-state index in [-0.39, 0.29) is 0 Å². The van der Waals surface area contributed by atoms with Crippen molar-refractivity contribution in [3.63, 3.8) is 0 Å². The molecule has 0 radical (unpaired) electrons. The monoisotopic (exact) mass is 229 g/mol. The van der Waals surface area contributed by atoms with Gasteiger partial charge >= 0.3 is 0 Å². The number of hydrogen-bond acceptors (Lipinski definition) is 3.